The monoisotopic (exact) mass is 188 g/mol. The molecule has 0 aliphatic carbocycles. The summed E-state index contributed by atoms with van der Waals surface area (Å²) in [5.41, 5.74) is 0.235. The summed E-state index contributed by atoms with van der Waals surface area (Å²) in [6.45, 7) is 7.83. The largest absolute Gasteiger partial charge is 0.423 e. The van der Waals surface area contributed by atoms with Crippen molar-refractivity contribution >= 4 is 5.97 Å². The van der Waals surface area contributed by atoms with Gasteiger partial charge in [0, 0.05) is 18.9 Å². The Morgan fingerprint density at radius 2 is 2.15 bits per heavy atom. The van der Waals surface area contributed by atoms with Crippen molar-refractivity contribution < 1.29 is 18.7 Å². The molecular formula is C9H13FO3. The summed E-state index contributed by atoms with van der Waals surface area (Å²) < 4.78 is 22.8. The van der Waals surface area contributed by atoms with Crippen LogP contribution >= 0.6 is 0 Å². The van der Waals surface area contributed by atoms with Crippen molar-refractivity contribution in [3.63, 3.8) is 0 Å². The molecule has 1 rings (SSSR count). The maximum Gasteiger partial charge on any atom is 0.335 e. The lowest BCUT2D eigenvalue weighted by atomic mass is 10.2. The molecule has 74 valence electrons. The highest BCUT2D eigenvalue weighted by atomic mass is 19.2. The van der Waals surface area contributed by atoms with Gasteiger partial charge < -0.3 is 4.74 Å². The summed E-state index contributed by atoms with van der Waals surface area (Å²) in [5.74, 6) is -3.86. The number of carbonyl (C=O) groups excluding carboxylic acids is 1. The molecule has 0 amide bonds. The van der Waals surface area contributed by atoms with Gasteiger partial charge in [-0.15, -0.1) is 0 Å². The van der Waals surface area contributed by atoms with Gasteiger partial charge in [-0.3, -0.25) is 4.74 Å². The topological polar surface area (TPSA) is 38.8 Å². The van der Waals surface area contributed by atoms with Crippen LogP contribution in [0, 0.1) is 0 Å². The summed E-state index contributed by atoms with van der Waals surface area (Å²) >= 11 is 0. The molecule has 1 saturated heterocycles. The van der Waals surface area contributed by atoms with Gasteiger partial charge in [0.2, 0.25) is 0 Å². The first kappa shape index (κ1) is 10.2. The number of rotatable bonds is 3. The average Bonchev–Trinajstić information content (AvgIpc) is 2.54. The Labute approximate surface area is 76.5 Å². The van der Waals surface area contributed by atoms with Crippen molar-refractivity contribution in [2.24, 2.45) is 0 Å². The summed E-state index contributed by atoms with van der Waals surface area (Å²) in [4.78, 5) is 11.1. The normalized spacial score (nSPS) is 36.9. The highest BCUT2D eigenvalue weighted by molar-refractivity contribution is 5.87. The molecule has 2 unspecified atom stereocenters. The number of esters is 1. The predicted molar refractivity (Wildman–Crippen MR) is 44.5 cm³/mol. The number of carbonyl (C=O) groups is 1. The van der Waals surface area contributed by atoms with Gasteiger partial charge in [-0.25, -0.2) is 9.18 Å². The van der Waals surface area contributed by atoms with E-state index in [-0.39, 0.29) is 5.57 Å². The van der Waals surface area contributed by atoms with E-state index in [1.807, 2.05) is 0 Å². The van der Waals surface area contributed by atoms with Crippen molar-refractivity contribution in [3.8, 4) is 0 Å². The molecule has 0 saturated carbocycles. The maximum atomic E-state index is 13.2. The Morgan fingerprint density at radius 1 is 1.69 bits per heavy atom. The van der Waals surface area contributed by atoms with E-state index in [0.717, 1.165) is 0 Å². The van der Waals surface area contributed by atoms with Crippen molar-refractivity contribution in [2.75, 3.05) is 0 Å². The third-order valence-corrected chi connectivity index (χ3v) is 2.07. The van der Waals surface area contributed by atoms with E-state index in [9.17, 15) is 9.18 Å². The van der Waals surface area contributed by atoms with E-state index in [0.29, 0.717) is 6.42 Å². The van der Waals surface area contributed by atoms with Crippen molar-refractivity contribution in [1.29, 1.82) is 0 Å². The van der Waals surface area contributed by atoms with Crippen LogP contribution in [0.25, 0.3) is 0 Å². The zero-order valence-corrected chi connectivity index (χ0v) is 8.02. The van der Waals surface area contributed by atoms with E-state index >= 15 is 0 Å². The SMILES string of the molecule is C=C(C)C(=O)OC1(CC)OC1(C)F. The van der Waals surface area contributed by atoms with Gasteiger partial charge in [-0.1, -0.05) is 13.5 Å². The van der Waals surface area contributed by atoms with Crippen LogP contribution in [0.5, 0.6) is 0 Å². The second-order valence-electron chi connectivity index (χ2n) is 3.30. The lowest BCUT2D eigenvalue weighted by molar-refractivity contribution is -0.155. The second-order valence-corrected chi connectivity index (χ2v) is 3.30. The van der Waals surface area contributed by atoms with Crippen LogP contribution < -0.4 is 0 Å². The molecule has 13 heavy (non-hydrogen) atoms. The Hall–Kier alpha value is -0.900. The van der Waals surface area contributed by atoms with Gasteiger partial charge in [0.1, 0.15) is 0 Å². The van der Waals surface area contributed by atoms with Gasteiger partial charge in [0.05, 0.1) is 0 Å². The number of halogens is 1. The minimum Gasteiger partial charge on any atom is -0.423 e. The summed E-state index contributed by atoms with van der Waals surface area (Å²) in [7, 11) is 0. The summed E-state index contributed by atoms with van der Waals surface area (Å²) in [5, 5.41) is 0. The fourth-order valence-electron chi connectivity index (χ4n) is 1.09. The third-order valence-electron chi connectivity index (χ3n) is 2.07. The number of ether oxygens (including phenoxy) is 2. The quantitative estimate of drug-likeness (QED) is 0.386. The van der Waals surface area contributed by atoms with Crippen LogP contribution in [0.3, 0.4) is 0 Å². The lowest BCUT2D eigenvalue weighted by Crippen LogP contribution is -2.26. The molecule has 0 radical (unpaired) electrons. The van der Waals surface area contributed by atoms with Crippen LogP contribution in [-0.2, 0) is 14.3 Å². The van der Waals surface area contributed by atoms with Crippen LogP contribution in [0.1, 0.15) is 27.2 Å². The van der Waals surface area contributed by atoms with Gasteiger partial charge in [0.15, 0.2) is 0 Å². The zero-order valence-electron chi connectivity index (χ0n) is 8.02. The van der Waals surface area contributed by atoms with Crippen LogP contribution in [0.15, 0.2) is 12.2 Å². The fraction of sp³-hybridized carbons (Fsp3) is 0.667. The van der Waals surface area contributed by atoms with Crippen molar-refractivity contribution in [1.82, 2.24) is 0 Å². The molecule has 2 atom stereocenters. The van der Waals surface area contributed by atoms with Crippen molar-refractivity contribution in [3.05, 3.63) is 12.2 Å². The van der Waals surface area contributed by atoms with Gasteiger partial charge in [-0.2, -0.15) is 0 Å². The minimum atomic E-state index is -1.85. The molecule has 0 aromatic carbocycles. The van der Waals surface area contributed by atoms with Crippen LogP contribution in [0.2, 0.25) is 0 Å². The first-order valence-corrected chi connectivity index (χ1v) is 4.12. The molecule has 0 N–H and O–H groups in total. The van der Waals surface area contributed by atoms with Crippen LogP contribution in [0.4, 0.5) is 4.39 Å². The summed E-state index contributed by atoms with van der Waals surface area (Å²) in [6.07, 6.45) is 0.291. The van der Waals surface area contributed by atoms with E-state index < -0.39 is 17.6 Å². The molecule has 0 aromatic rings. The molecule has 0 aromatic heterocycles. The highest BCUT2D eigenvalue weighted by Gasteiger charge is 2.71. The van der Waals surface area contributed by atoms with E-state index in [4.69, 9.17) is 9.47 Å². The van der Waals surface area contributed by atoms with Gasteiger partial charge >= 0.3 is 5.97 Å². The maximum absolute atomic E-state index is 13.2. The second kappa shape index (κ2) is 2.80. The molecule has 1 aliphatic rings. The van der Waals surface area contributed by atoms with E-state index in [1.165, 1.54) is 13.8 Å². The fourth-order valence-corrected chi connectivity index (χ4v) is 1.09. The molecule has 1 heterocycles. The average molecular weight is 188 g/mol. The first-order valence-electron chi connectivity index (χ1n) is 4.12. The lowest BCUT2D eigenvalue weighted by Gasteiger charge is -2.11. The summed E-state index contributed by atoms with van der Waals surface area (Å²) in [6, 6.07) is 0. The predicted octanol–water partition coefficient (Wildman–Crippen LogP) is 1.93. The Kier molecular flexibility index (Phi) is 2.20. The van der Waals surface area contributed by atoms with Gasteiger partial charge in [-0.05, 0) is 6.92 Å². The van der Waals surface area contributed by atoms with Gasteiger partial charge in [0.25, 0.3) is 11.6 Å². The molecule has 1 fully saturated rings. The molecular weight excluding hydrogens is 175 g/mol. The Bertz CT molecular complexity index is 260. The Morgan fingerprint density at radius 3 is 2.38 bits per heavy atom. The molecule has 0 spiro atoms. The number of epoxide rings is 1. The van der Waals surface area contributed by atoms with Crippen LogP contribution in [-0.4, -0.2) is 17.6 Å². The number of hydrogen-bond donors (Lipinski definition) is 0. The van der Waals surface area contributed by atoms with Crippen molar-refractivity contribution in [2.45, 2.75) is 38.8 Å². The Balaban J connectivity index is 2.64. The standard InChI is InChI=1S/C9H13FO3/c1-5-9(8(4,10)13-9)12-7(11)6(2)3/h2,5H2,1,3-4H3. The number of hydrogen-bond acceptors (Lipinski definition) is 3. The molecule has 3 nitrogen and oxygen atoms in total. The van der Waals surface area contributed by atoms with E-state index in [1.54, 1.807) is 6.92 Å². The number of alkyl halides is 1. The zero-order chi connectivity index (χ0) is 10.3. The molecule has 0 bridgehead atoms. The smallest absolute Gasteiger partial charge is 0.335 e. The third kappa shape index (κ3) is 1.58. The highest BCUT2D eigenvalue weighted by Crippen LogP contribution is 2.52. The minimum absolute atomic E-state index is 0.235. The molecule has 4 heteroatoms. The first-order chi connectivity index (χ1) is 5.84. The van der Waals surface area contributed by atoms with E-state index in [2.05, 4.69) is 6.58 Å². The molecule has 1 aliphatic heterocycles.